The van der Waals surface area contributed by atoms with Crippen molar-refractivity contribution in [2.75, 3.05) is 5.73 Å². The van der Waals surface area contributed by atoms with Crippen LogP contribution in [0.15, 0.2) is 18.5 Å². The van der Waals surface area contributed by atoms with Crippen molar-refractivity contribution < 1.29 is 0 Å². The average molecular weight is 149 g/mol. The monoisotopic (exact) mass is 149 g/mol. The summed E-state index contributed by atoms with van der Waals surface area (Å²) < 4.78 is 0. The van der Waals surface area contributed by atoms with Crippen molar-refractivity contribution in [3.05, 3.63) is 24.0 Å². The molecule has 1 heterocycles. The van der Waals surface area contributed by atoms with Crippen molar-refractivity contribution in [1.29, 1.82) is 5.41 Å². The zero-order chi connectivity index (χ0) is 8.27. The van der Waals surface area contributed by atoms with Crippen molar-refractivity contribution in [1.82, 2.24) is 4.98 Å². The second kappa shape index (κ2) is 3.14. The molecular weight excluding hydrogens is 138 g/mol. The topological polar surface area (TPSA) is 62.8 Å². The molecule has 0 fully saturated rings. The molecule has 3 nitrogen and oxygen atoms in total. The van der Waals surface area contributed by atoms with E-state index in [4.69, 9.17) is 11.1 Å². The number of nitrogen functional groups attached to an aromatic ring is 1. The summed E-state index contributed by atoms with van der Waals surface area (Å²) in [6.07, 6.45) is 3.92. The largest absolute Gasteiger partial charge is 0.397 e. The zero-order valence-electron chi connectivity index (χ0n) is 6.46. The summed E-state index contributed by atoms with van der Waals surface area (Å²) in [4.78, 5) is 3.84. The van der Waals surface area contributed by atoms with Crippen LogP contribution in [0.4, 0.5) is 5.69 Å². The van der Waals surface area contributed by atoms with Gasteiger partial charge in [0, 0.05) is 17.5 Å². The van der Waals surface area contributed by atoms with Gasteiger partial charge >= 0.3 is 0 Å². The third kappa shape index (κ3) is 1.55. The van der Waals surface area contributed by atoms with Crippen LogP contribution in [0, 0.1) is 5.41 Å². The van der Waals surface area contributed by atoms with Crippen LogP contribution in [0.2, 0.25) is 0 Å². The number of aromatic nitrogens is 1. The molecule has 0 aliphatic heterocycles. The van der Waals surface area contributed by atoms with E-state index in [9.17, 15) is 0 Å². The highest BCUT2D eigenvalue weighted by atomic mass is 14.7. The van der Waals surface area contributed by atoms with Crippen molar-refractivity contribution in [3.63, 3.8) is 0 Å². The molecule has 1 aromatic heterocycles. The first-order valence-electron chi connectivity index (χ1n) is 3.53. The van der Waals surface area contributed by atoms with Crippen molar-refractivity contribution in [2.24, 2.45) is 0 Å². The van der Waals surface area contributed by atoms with E-state index in [1.165, 1.54) is 0 Å². The van der Waals surface area contributed by atoms with E-state index in [2.05, 4.69) is 4.98 Å². The van der Waals surface area contributed by atoms with Gasteiger partial charge in [0.05, 0.1) is 11.9 Å². The van der Waals surface area contributed by atoms with Crippen LogP contribution < -0.4 is 5.73 Å². The molecular formula is C8H11N3. The molecule has 3 N–H and O–H groups in total. The van der Waals surface area contributed by atoms with Gasteiger partial charge in [0.25, 0.3) is 0 Å². The lowest BCUT2D eigenvalue weighted by Gasteiger charge is -2.02. The van der Waals surface area contributed by atoms with E-state index in [0.29, 0.717) is 17.8 Å². The van der Waals surface area contributed by atoms with E-state index in [-0.39, 0.29) is 0 Å². The molecule has 0 amide bonds. The highest BCUT2D eigenvalue weighted by Gasteiger charge is 2.01. The van der Waals surface area contributed by atoms with Crippen LogP contribution in [-0.2, 0) is 0 Å². The maximum atomic E-state index is 7.51. The van der Waals surface area contributed by atoms with Crippen LogP contribution in [0.25, 0.3) is 0 Å². The third-order valence-corrected chi connectivity index (χ3v) is 1.53. The van der Waals surface area contributed by atoms with E-state index < -0.39 is 0 Å². The fraction of sp³-hybridized carbons (Fsp3) is 0.250. The van der Waals surface area contributed by atoms with E-state index >= 15 is 0 Å². The van der Waals surface area contributed by atoms with Gasteiger partial charge in [0.15, 0.2) is 0 Å². The normalized spacial score (nSPS) is 9.55. The summed E-state index contributed by atoms with van der Waals surface area (Å²) in [5, 5.41) is 7.51. The molecule has 1 rings (SSSR count). The Morgan fingerprint density at radius 3 is 3.00 bits per heavy atom. The molecule has 0 saturated carbocycles. The average Bonchev–Trinajstić information content (AvgIpc) is 2.04. The van der Waals surface area contributed by atoms with Crippen LogP contribution in [0.1, 0.15) is 18.9 Å². The molecule has 0 spiro atoms. The number of nitrogens with two attached hydrogens (primary N) is 1. The number of rotatable bonds is 2. The first-order valence-corrected chi connectivity index (χ1v) is 3.53. The summed E-state index contributed by atoms with van der Waals surface area (Å²) in [7, 11) is 0. The summed E-state index contributed by atoms with van der Waals surface area (Å²) in [5.74, 6) is 0. The van der Waals surface area contributed by atoms with E-state index in [0.717, 1.165) is 5.56 Å². The Kier molecular flexibility index (Phi) is 2.21. The highest BCUT2D eigenvalue weighted by Crippen LogP contribution is 2.10. The Bertz CT molecular complexity index is 268. The molecule has 1 aromatic rings. The number of nitrogens with zero attached hydrogens (tertiary/aromatic N) is 1. The van der Waals surface area contributed by atoms with Crippen LogP contribution in [-0.4, -0.2) is 10.7 Å². The van der Waals surface area contributed by atoms with Gasteiger partial charge in [-0.25, -0.2) is 0 Å². The molecule has 0 unspecified atom stereocenters. The standard InChI is InChI=1S/C8H11N3/c1-2-7(9)6-3-4-11-5-8(6)10/h3-5,9H,2,10H2,1H3. The molecule has 0 atom stereocenters. The van der Waals surface area contributed by atoms with Gasteiger partial charge in [-0.3, -0.25) is 4.98 Å². The van der Waals surface area contributed by atoms with Crippen LogP contribution >= 0.6 is 0 Å². The predicted molar refractivity (Wildman–Crippen MR) is 45.8 cm³/mol. The number of hydrogen-bond donors (Lipinski definition) is 2. The van der Waals surface area contributed by atoms with Crippen LogP contribution in [0.3, 0.4) is 0 Å². The van der Waals surface area contributed by atoms with Gasteiger partial charge in [-0.2, -0.15) is 0 Å². The number of anilines is 1. The molecule has 0 saturated heterocycles. The molecule has 0 aliphatic rings. The lowest BCUT2D eigenvalue weighted by atomic mass is 10.1. The summed E-state index contributed by atoms with van der Waals surface area (Å²) >= 11 is 0. The van der Waals surface area contributed by atoms with Crippen LogP contribution in [0.5, 0.6) is 0 Å². The Morgan fingerprint density at radius 2 is 2.45 bits per heavy atom. The number of pyridine rings is 1. The van der Waals surface area contributed by atoms with Gasteiger partial charge in [-0.05, 0) is 12.5 Å². The number of hydrogen-bond acceptors (Lipinski definition) is 3. The predicted octanol–water partition coefficient (Wildman–Crippen LogP) is 1.44. The third-order valence-electron chi connectivity index (χ3n) is 1.53. The summed E-state index contributed by atoms with van der Waals surface area (Å²) in [5.41, 5.74) is 7.53. The molecule has 0 radical (unpaired) electrons. The zero-order valence-corrected chi connectivity index (χ0v) is 6.46. The quantitative estimate of drug-likeness (QED) is 0.625. The second-order valence-electron chi connectivity index (χ2n) is 2.30. The fourth-order valence-electron chi connectivity index (χ4n) is 0.872. The van der Waals surface area contributed by atoms with E-state index in [1.807, 2.05) is 6.92 Å². The molecule has 3 heteroatoms. The molecule has 0 bridgehead atoms. The minimum Gasteiger partial charge on any atom is -0.397 e. The van der Waals surface area contributed by atoms with Crippen molar-refractivity contribution in [2.45, 2.75) is 13.3 Å². The molecule has 11 heavy (non-hydrogen) atoms. The molecule has 58 valence electrons. The maximum Gasteiger partial charge on any atom is 0.0592 e. The summed E-state index contributed by atoms with van der Waals surface area (Å²) in [6, 6.07) is 1.77. The summed E-state index contributed by atoms with van der Waals surface area (Å²) in [6.45, 7) is 1.93. The highest BCUT2D eigenvalue weighted by molar-refractivity contribution is 6.02. The number of nitrogens with one attached hydrogen (secondary N) is 1. The van der Waals surface area contributed by atoms with Gasteiger partial charge in [-0.1, -0.05) is 6.92 Å². The lowest BCUT2D eigenvalue weighted by Crippen LogP contribution is -2.02. The van der Waals surface area contributed by atoms with Gasteiger partial charge in [0.2, 0.25) is 0 Å². The van der Waals surface area contributed by atoms with Gasteiger partial charge in [-0.15, -0.1) is 0 Å². The Labute approximate surface area is 65.8 Å². The minimum absolute atomic E-state index is 0.560. The SMILES string of the molecule is CCC(=N)c1ccncc1N. The Hall–Kier alpha value is -1.38. The first-order chi connectivity index (χ1) is 5.25. The Morgan fingerprint density at radius 1 is 1.73 bits per heavy atom. The second-order valence-corrected chi connectivity index (χ2v) is 2.30. The van der Waals surface area contributed by atoms with Crippen molar-refractivity contribution >= 4 is 11.4 Å². The van der Waals surface area contributed by atoms with Crippen molar-refractivity contribution in [3.8, 4) is 0 Å². The minimum atomic E-state index is 0.560. The Balaban J connectivity index is 3.03. The van der Waals surface area contributed by atoms with Gasteiger partial charge < -0.3 is 11.1 Å². The smallest absolute Gasteiger partial charge is 0.0592 e. The van der Waals surface area contributed by atoms with E-state index in [1.54, 1.807) is 18.5 Å². The molecule has 0 aliphatic carbocycles. The van der Waals surface area contributed by atoms with Gasteiger partial charge in [0.1, 0.15) is 0 Å². The first kappa shape index (κ1) is 7.72. The molecule has 0 aromatic carbocycles. The fourth-order valence-corrected chi connectivity index (χ4v) is 0.872. The maximum absolute atomic E-state index is 7.51. The lowest BCUT2D eigenvalue weighted by molar-refractivity contribution is 1.23.